The van der Waals surface area contributed by atoms with Gasteiger partial charge in [0.1, 0.15) is 11.4 Å². The summed E-state index contributed by atoms with van der Waals surface area (Å²) in [5.74, 6) is -0.150. The van der Waals surface area contributed by atoms with E-state index in [-0.39, 0.29) is 5.56 Å². The molecule has 0 saturated carbocycles. The van der Waals surface area contributed by atoms with Gasteiger partial charge in [-0.2, -0.15) is 0 Å². The maximum absolute atomic E-state index is 11.1. The van der Waals surface area contributed by atoms with Crippen LogP contribution in [0.25, 0.3) is 11.4 Å². The van der Waals surface area contributed by atoms with Crippen LogP contribution in [-0.2, 0) is 6.54 Å². The van der Waals surface area contributed by atoms with Crippen molar-refractivity contribution in [2.75, 3.05) is 25.6 Å². The first-order valence-corrected chi connectivity index (χ1v) is 8.14. The molecule has 0 fully saturated rings. The highest BCUT2D eigenvalue weighted by Crippen LogP contribution is 2.26. The van der Waals surface area contributed by atoms with Gasteiger partial charge in [0, 0.05) is 32.5 Å². The van der Waals surface area contributed by atoms with E-state index in [4.69, 9.17) is 9.84 Å². The largest absolute Gasteiger partial charge is 0.495 e. The lowest BCUT2D eigenvalue weighted by Gasteiger charge is -2.21. The summed E-state index contributed by atoms with van der Waals surface area (Å²) >= 11 is 0. The average Bonchev–Trinajstić information content (AvgIpc) is 3.15. The molecule has 0 bridgehead atoms. The number of hydrogen-bond donors (Lipinski definition) is 1. The number of benzene rings is 1. The molecule has 7 nitrogen and oxygen atoms in total. The van der Waals surface area contributed by atoms with E-state index in [1.54, 1.807) is 13.4 Å². The van der Waals surface area contributed by atoms with Crippen LogP contribution >= 0.6 is 0 Å². The maximum Gasteiger partial charge on any atom is 0.335 e. The van der Waals surface area contributed by atoms with Crippen LogP contribution in [0.2, 0.25) is 0 Å². The highest BCUT2D eigenvalue weighted by atomic mass is 16.5. The van der Waals surface area contributed by atoms with Gasteiger partial charge >= 0.3 is 5.97 Å². The smallest absolute Gasteiger partial charge is 0.335 e. The summed E-state index contributed by atoms with van der Waals surface area (Å²) in [5.41, 5.74) is 2.40. The Morgan fingerprint density at radius 2 is 2.04 bits per heavy atom. The second kappa shape index (κ2) is 7.69. The number of ether oxygens (including phenoxy) is 1. The van der Waals surface area contributed by atoms with Crippen molar-refractivity contribution in [3.8, 4) is 17.1 Å². The third kappa shape index (κ3) is 3.83. The van der Waals surface area contributed by atoms with Crippen LogP contribution < -0.4 is 9.64 Å². The zero-order valence-electron chi connectivity index (χ0n) is 14.7. The number of likely N-dealkylation sites (N-methyl/N-ethyl adjacent to an activating group) is 1. The Morgan fingerprint density at radius 1 is 1.23 bits per heavy atom. The Balaban J connectivity index is 1.69. The van der Waals surface area contributed by atoms with Crippen molar-refractivity contribution in [2.24, 2.45) is 0 Å². The molecule has 1 N–H and O–H groups in total. The third-order valence-corrected chi connectivity index (χ3v) is 4.09. The Bertz CT molecular complexity index is 907. The minimum atomic E-state index is -0.980. The fraction of sp³-hybridized carbons (Fsp3) is 0.211. The van der Waals surface area contributed by atoms with Gasteiger partial charge in [0.05, 0.1) is 30.4 Å². The highest BCUT2D eigenvalue weighted by molar-refractivity contribution is 5.88. The quantitative estimate of drug-likeness (QED) is 0.704. The normalized spacial score (nSPS) is 10.5. The minimum Gasteiger partial charge on any atom is -0.495 e. The average molecular weight is 352 g/mol. The first kappa shape index (κ1) is 17.5. The maximum atomic E-state index is 11.1. The van der Waals surface area contributed by atoms with Crippen LogP contribution in [0, 0.1) is 0 Å². The Hall–Kier alpha value is -3.35. The molecule has 0 saturated heterocycles. The predicted octanol–water partition coefficient (Wildman–Crippen LogP) is 2.79. The van der Waals surface area contributed by atoms with Gasteiger partial charge in [-0.25, -0.2) is 9.78 Å². The molecule has 0 radical (unpaired) electrons. The number of imidazole rings is 1. The van der Waals surface area contributed by atoms with Gasteiger partial charge in [-0.15, -0.1) is 0 Å². The van der Waals surface area contributed by atoms with Crippen LogP contribution in [-0.4, -0.2) is 46.3 Å². The van der Waals surface area contributed by atoms with E-state index in [0.717, 1.165) is 24.5 Å². The number of hydrogen-bond acceptors (Lipinski definition) is 5. The van der Waals surface area contributed by atoms with Crippen molar-refractivity contribution >= 4 is 11.7 Å². The predicted molar refractivity (Wildman–Crippen MR) is 98.7 cm³/mol. The molecule has 26 heavy (non-hydrogen) atoms. The summed E-state index contributed by atoms with van der Waals surface area (Å²) in [6, 6.07) is 10.9. The van der Waals surface area contributed by atoms with Gasteiger partial charge in [0.2, 0.25) is 0 Å². The van der Waals surface area contributed by atoms with Gasteiger partial charge in [-0.1, -0.05) is 12.1 Å². The van der Waals surface area contributed by atoms with Crippen molar-refractivity contribution in [3.63, 3.8) is 0 Å². The van der Waals surface area contributed by atoms with Crippen molar-refractivity contribution in [1.29, 1.82) is 0 Å². The van der Waals surface area contributed by atoms with Crippen molar-refractivity contribution < 1.29 is 14.6 Å². The highest BCUT2D eigenvalue weighted by Gasteiger charge is 2.10. The molecule has 0 amide bonds. The lowest BCUT2D eigenvalue weighted by Crippen LogP contribution is -2.22. The molecular formula is C19H20N4O3. The lowest BCUT2D eigenvalue weighted by atomic mass is 10.2. The van der Waals surface area contributed by atoms with E-state index in [1.807, 2.05) is 42.1 Å². The number of nitrogens with zero attached hydrogens (tertiary/aromatic N) is 4. The van der Waals surface area contributed by atoms with Crippen LogP contribution in [0.15, 0.2) is 55.1 Å². The van der Waals surface area contributed by atoms with Crippen molar-refractivity contribution in [1.82, 2.24) is 14.5 Å². The van der Waals surface area contributed by atoms with E-state index < -0.39 is 5.97 Å². The molecule has 0 aliphatic heterocycles. The number of methoxy groups -OCH3 is 1. The van der Waals surface area contributed by atoms with Crippen LogP contribution in [0.1, 0.15) is 10.4 Å². The summed E-state index contributed by atoms with van der Waals surface area (Å²) < 4.78 is 7.35. The second-order valence-electron chi connectivity index (χ2n) is 5.83. The topological polar surface area (TPSA) is 80.5 Å². The zero-order valence-corrected chi connectivity index (χ0v) is 14.7. The number of anilines is 1. The Labute approximate surface area is 151 Å². The molecule has 1 aromatic carbocycles. The number of para-hydroxylation sites is 2. The number of carboxylic acid groups (broad SMARTS) is 1. The summed E-state index contributed by atoms with van der Waals surface area (Å²) in [4.78, 5) is 21.7. The molecular weight excluding hydrogens is 332 g/mol. The zero-order chi connectivity index (χ0) is 18.5. The standard InChI is InChI=1S/C19H20N4O3/c1-22(17-5-3-4-6-18(17)26-2)9-10-23-12-16(21-13-23)15-11-14(19(24)25)7-8-20-15/h3-8,11-13H,9-10H2,1-2H3,(H,24,25). The van der Waals surface area contributed by atoms with Gasteiger partial charge < -0.3 is 19.3 Å². The fourth-order valence-corrected chi connectivity index (χ4v) is 2.65. The molecule has 0 unspecified atom stereocenters. The summed E-state index contributed by atoms with van der Waals surface area (Å²) in [5, 5.41) is 9.09. The molecule has 134 valence electrons. The number of carbonyl (C=O) groups is 1. The summed E-state index contributed by atoms with van der Waals surface area (Å²) in [7, 11) is 3.67. The molecule has 3 aromatic rings. The molecule has 2 heterocycles. The second-order valence-corrected chi connectivity index (χ2v) is 5.83. The first-order valence-electron chi connectivity index (χ1n) is 8.14. The van der Waals surface area contributed by atoms with Gasteiger partial charge in [0.25, 0.3) is 0 Å². The molecule has 0 spiro atoms. The third-order valence-electron chi connectivity index (χ3n) is 4.09. The monoisotopic (exact) mass is 352 g/mol. The molecule has 0 aliphatic rings. The molecule has 3 rings (SSSR count). The Morgan fingerprint density at radius 3 is 2.81 bits per heavy atom. The Kier molecular flexibility index (Phi) is 5.17. The number of carboxylic acids is 1. The minimum absolute atomic E-state index is 0.195. The van der Waals surface area contributed by atoms with Crippen molar-refractivity contribution in [2.45, 2.75) is 6.54 Å². The van der Waals surface area contributed by atoms with Crippen LogP contribution in [0.4, 0.5) is 5.69 Å². The molecule has 2 aromatic heterocycles. The first-order chi connectivity index (χ1) is 12.6. The summed E-state index contributed by atoms with van der Waals surface area (Å²) in [6.45, 7) is 1.49. The van der Waals surface area contributed by atoms with Crippen LogP contribution in [0.3, 0.4) is 0 Å². The van der Waals surface area contributed by atoms with E-state index >= 15 is 0 Å². The van der Waals surface area contributed by atoms with Gasteiger partial charge in [-0.05, 0) is 24.3 Å². The van der Waals surface area contributed by atoms with Gasteiger partial charge in [-0.3, -0.25) is 4.98 Å². The molecule has 7 heteroatoms. The summed E-state index contributed by atoms with van der Waals surface area (Å²) in [6.07, 6.45) is 5.07. The SMILES string of the molecule is COc1ccccc1N(C)CCn1cnc(-c2cc(C(=O)O)ccn2)c1. The molecule has 0 atom stereocenters. The number of rotatable bonds is 7. The van der Waals surface area contributed by atoms with E-state index in [9.17, 15) is 4.79 Å². The van der Waals surface area contributed by atoms with E-state index in [2.05, 4.69) is 14.9 Å². The van der Waals surface area contributed by atoms with Gasteiger partial charge in [0.15, 0.2) is 0 Å². The molecule has 0 aliphatic carbocycles. The number of aromatic nitrogens is 3. The van der Waals surface area contributed by atoms with E-state index in [1.165, 1.54) is 18.3 Å². The van der Waals surface area contributed by atoms with Crippen molar-refractivity contribution in [3.05, 3.63) is 60.7 Å². The fourth-order valence-electron chi connectivity index (χ4n) is 2.65. The van der Waals surface area contributed by atoms with E-state index in [0.29, 0.717) is 11.4 Å². The van der Waals surface area contributed by atoms with Crippen LogP contribution in [0.5, 0.6) is 5.75 Å². The number of aromatic carboxylic acids is 1. The lowest BCUT2D eigenvalue weighted by molar-refractivity contribution is 0.0697. The number of pyridine rings is 1.